The number of piperidine rings is 1. The average Bonchev–Trinajstić information content (AvgIpc) is 2.50. The lowest BCUT2D eigenvalue weighted by molar-refractivity contribution is -0.147. The monoisotopic (exact) mass is 297 g/mol. The molecule has 1 heterocycles. The van der Waals surface area contributed by atoms with Crippen LogP contribution in [0.5, 0.6) is 0 Å². The minimum atomic E-state index is -0.919. The molecule has 1 aliphatic heterocycles. The Morgan fingerprint density at radius 3 is 2.67 bits per heavy atom. The number of likely N-dealkylation sites (tertiary alicyclic amines) is 1. The molecular weight excluding hydrogens is 280 g/mol. The van der Waals surface area contributed by atoms with Crippen molar-refractivity contribution in [3.8, 4) is 0 Å². The molecule has 0 saturated carbocycles. The second kappa shape index (κ2) is 6.20. The van der Waals surface area contributed by atoms with Gasteiger partial charge < -0.3 is 9.64 Å². The van der Waals surface area contributed by atoms with Crippen molar-refractivity contribution in [3.05, 3.63) is 34.9 Å². The van der Waals surface area contributed by atoms with E-state index in [2.05, 4.69) is 4.74 Å². The van der Waals surface area contributed by atoms with Crippen molar-refractivity contribution in [3.63, 3.8) is 0 Å². The third-order valence-corrected chi connectivity index (χ3v) is 3.73. The summed E-state index contributed by atoms with van der Waals surface area (Å²) in [6, 6.07) is 1.55. The van der Waals surface area contributed by atoms with Crippen molar-refractivity contribution in [1.82, 2.24) is 4.90 Å². The highest BCUT2D eigenvalue weighted by Crippen LogP contribution is 2.24. The van der Waals surface area contributed by atoms with Crippen LogP contribution in [-0.4, -0.2) is 36.5 Å². The highest BCUT2D eigenvalue weighted by molar-refractivity contribution is 5.97. The van der Waals surface area contributed by atoms with Crippen LogP contribution in [-0.2, 0) is 9.53 Å². The van der Waals surface area contributed by atoms with Crippen molar-refractivity contribution < 1.29 is 23.1 Å². The normalized spacial score (nSPS) is 18.5. The molecule has 0 radical (unpaired) electrons. The third kappa shape index (κ3) is 2.89. The van der Waals surface area contributed by atoms with Gasteiger partial charge in [0, 0.05) is 6.54 Å². The summed E-state index contributed by atoms with van der Waals surface area (Å²) in [6.07, 6.45) is 1.89. The van der Waals surface area contributed by atoms with Crippen LogP contribution in [0.2, 0.25) is 0 Å². The molecule has 0 spiro atoms. The summed E-state index contributed by atoms with van der Waals surface area (Å²) in [6.45, 7) is 1.74. The van der Waals surface area contributed by atoms with E-state index in [1.54, 1.807) is 0 Å². The predicted octanol–water partition coefficient (Wildman–Crippen LogP) is 2.44. The molecule has 0 aromatic heterocycles. The number of hydrogen-bond acceptors (Lipinski definition) is 3. The van der Waals surface area contributed by atoms with Crippen molar-refractivity contribution in [2.24, 2.45) is 0 Å². The second-order valence-electron chi connectivity index (χ2n) is 5.09. The second-order valence-corrected chi connectivity index (χ2v) is 5.09. The fourth-order valence-corrected chi connectivity index (χ4v) is 2.55. The minimum absolute atomic E-state index is 0.186. The van der Waals surface area contributed by atoms with Gasteiger partial charge in [-0.3, -0.25) is 4.79 Å². The summed E-state index contributed by atoms with van der Waals surface area (Å²) in [4.78, 5) is 25.4. The molecule has 0 aliphatic carbocycles. The molecule has 0 N–H and O–H groups in total. The van der Waals surface area contributed by atoms with Crippen LogP contribution in [0.25, 0.3) is 0 Å². The topological polar surface area (TPSA) is 46.6 Å². The van der Waals surface area contributed by atoms with E-state index < -0.39 is 35.1 Å². The lowest BCUT2D eigenvalue weighted by Crippen LogP contribution is -2.48. The largest absolute Gasteiger partial charge is 0.467 e. The fourth-order valence-electron chi connectivity index (χ4n) is 2.55. The van der Waals surface area contributed by atoms with Gasteiger partial charge in [0.05, 0.1) is 7.11 Å². The van der Waals surface area contributed by atoms with Crippen molar-refractivity contribution >= 4 is 11.9 Å². The number of methoxy groups -OCH3 is 1. The van der Waals surface area contributed by atoms with E-state index in [1.165, 1.54) is 25.0 Å². The van der Waals surface area contributed by atoms with Crippen LogP contribution < -0.4 is 0 Å². The quantitative estimate of drug-likeness (QED) is 0.788. The number of esters is 1. The molecule has 1 unspecified atom stereocenters. The number of ether oxygens (including phenoxy) is 1. The van der Waals surface area contributed by atoms with Gasteiger partial charge in [0.25, 0.3) is 5.91 Å². The molecule has 4 nitrogen and oxygen atoms in total. The number of carbonyl (C=O) groups excluding carboxylic acids is 2. The first-order valence-electron chi connectivity index (χ1n) is 6.80. The Kier molecular flexibility index (Phi) is 4.55. The Morgan fingerprint density at radius 1 is 1.29 bits per heavy atom. The Labute approximate surface area is 121 Å². The molecule has 0 bridgehead atoms. The first-order valence-corrected chi connectivity index (χ1v) is 6.80. The Bertz CT molecular complexity index is 574. The minimum Gasteiger partial charge on any atom is -0.467 e. The van der Waals surface area contributed by atoms with Gasteiger partial charge in [0.1, 0.15) is 23.2 Å². The molecule has 6 heteroatoms. The number of nitrogens with zero attached hydrogens (tertiary/aromatic N) is 1. The highest BCUT2D eigenvalue weighted by atomic mass is 19.1. The Morgan fingerprint density at radius 2 is 2.00 bits per heavy atom. The van der Waals surface area contributed by atoms with Gasteiger partial charge in [-0.25, -0.2) is 13.6 Å². The van der Waals surface area contributed by atoms with Crippen molar-refractivity contribution in [2.75, 3.05) is 13.7 Å². The van der Waals surface area contributed by atoms with Gasteiger partial charge in [-0.2, -0.15) is 0 Å². The van der Waals surface area contributed by atoms with Gasteiger partial charge in [-0.05, 0) is 37.8 Å². The van der Waals surface area contributed by atoms with Crippen LogP contribution >= 0.6 is 0 Å². The van der Waals surface area contributed by atoms with E-state index in [1.807, 2.05) is 0 Å². The first-order chi connectivity index (χ1) is 9.97. The molecule has 1 aromatic carbocycles. The molecule has 1 aliphatic rings. The number of halogens is 2. The summed E-state index contributed by atoms with van der Waals surface area (Å²) in [5.41, 5.74) is -0.419. The maximum Gasteiger partial charge on any atom is 0.328 e. The molecule has 1 saturated heterocycles. The van der Waals surface area contributed by atoms with Crippen LogP contribution in [0.4, 0.5) is 8.78 Å². The van der Waals surface area contributed by atoms with Crippen LogP contribution in [0.1, 0.15) is 35.2 Å². The van der Waals surface area contributed by atoms with Gasteiger partial charge in [0.2, 0.25) is 0 Å². The Balaban J connectivity index is 2.38. The molecule has 21 heavy (non-hydrogen) atoms. The summed E-state index contributed by atoms with van der Waals surface area (Å²) in [7, 11) is 1.23. The zero-order chi connectivity index (χ0) is 15.6. The lowest BCUT2D eigenvalue weighted by Gasteiger charge is -2.34. The van der Waals surface area contributed by atoms with E-state index in [0.717, 1.165) is 12.5 Å². The van der Waals surface area contributed by atoms with Crippen LogP contribution in [0.15, 0.2) is 12.1 Å². The number of carbonyl (C=O) groups is 2. The molecule has 1 atom stereocenters. The molecular formula is C15H17F2NO3. The van der Waals surface area contributed by atoms with E-state index in [-0.39, 0.29) is 12.1 Å². The number of benzene rings is 1. The molecule has 114 valence electrons. The first kappa shape index (κ1) is 15.4. The van der Waals surface area contributed by atoms with Crippen LogP contribution in [0.3, 0.4) is 0 Å². The molecule has 1 aromatic rings. The predicted molar refractivity (Wildman–Crippen MR) is 71.8 cm³/mol. The van der Waals surface area contributed by atoms with Crippen LogP contribution in [0, 0.1) is 18.6 Å². The number of rotatable bonds is 2. The zero-order valence-corrected chi connectivity index (χ0v) is 12.0. The standard InChI is InChI=1S/C15H17F2NO3/c1-9-6-7-10(16)12(13(9)17)14(19)18-8-4-3-5-11(18)15(20)21-2/h6-7,11H,3-5,8H2,1-2H3. The highest BCUT2D eigenvalue weighted by Gasteiger charge is 2.35. The van der Waals surface area contributed by atoms with Crippen molar-refractivity contribution in [2.45, 2.75) is 32.2 Å². The van der Waals surface area contributed by atoms with E-state index >= 15 is 0 Å². The summed E-state index contributed by atoms with van der Waals surface area (Å²) >= 11 is 0. The van der Waals surface area contributed by atoms with E-state index in [9.17, 15) is 18.4 Å². The number of amides is 1. The van der Waals surface area contributed by atoms with E-state index in [0.29, 0.717) is 12.8 Å². The van der Waals surface area contributed by atoms with Gasteiger partial charge in [0.15, 0.2) is 0 Å². The average molecular weight is 297 g/mol. The maximum atomic E-state index is 14.1. The molecule has 1 amide bonds. The summed E-state index contributed by atoms with van der Waals surface area (Å²) in [5, 5.41) is 0. The van der Waals surface area contributed by atoms with Gasteiger partial charge in [-0.15, -0.1) is 0 Å². The van der Waals surface area contributed by atoms with Crippen molar-refractivity contribution in [1.29, 1.82) is 0 Å². The zero-order valence-electron chi connectivity index (χ0n) is 12.0. The molecule has 2 rings (SSSR count). The smallest absolute Gasteiger partial charge is 0.328 e. The van der Waals surface area contributed by atoms with Gasteiger partial charge in [-0.1, -0.05) is 6.07 Å². The molecule has 1 fully saturated rings. The van der Waals surface area contributed by atoms with E-state index in [4.69, 9.17) is 0 Å². The third-order valence-electron chi connectivity index (χ3n) is 3.73. The summed E-state index contributed by atoms with van der Waals surface area (Å²) in [5.74, 6) is -3.16. The SMILES string of the molecule is COC(=O)C1CCCCN1C(=O)c1c(F)ccc(C)c1F. The number of aryl methyl sites for hydroxylation is 1. The Hall–Kier alpha value is -1.98. The summed E-state index contributed by atoms with van der Waals surface area (Å²) < 4.78 is 32.6. The fraction of sp³-hybridized carbons (Fsp3) is 0.467. The lowest BCUT2D eigenvalue weighted by atomic mass is 10.00. The van der Waals surface area contributed by atoms with Gasteiger partial charge >= 0.3 is 5.97 Å². The maximum absolute atomic E-state index is 14.1. The number of hydrogen-bond donors (Lipinski definition) is 0.